The van der Waals surface area contributed by atoms with Crippen LogP contribution in [0.1, 0.15) is 11.3 Å². The van der Waals surface area contributed by atoms with Crippen LogP contribution in [-0.2, 0) is 4.79 Å². The summed E-state index contributed by atoms with van der Waals surface area (Å²) >= 11 is 12.0. The molecule has 0 saturated heterocycles. The Morgan fingerprint density at radius 3 is 2.72 bits per heavy atom. The lowest BCUT2D eigenvalue weighted by molar-refractivity contribution is -0.131. The van der Waals surface area contributed by atoms with Gasteiger partial charge >= 0.3 is 5.97 Å². The van der Waals surface area contributed by atoms with Gasteiger partial charge in [-0.15, -0.1) is 0 Å². The van der Waals surface area contributed by atoms with E-state index < -0.39 is 5.97 Å². The lowest BCUT2D eigenvalue weighted by Crippen LogP contribution is -1.90. The molecule has 0 aliphatic heterocycles. The van der Waals surface area contributed by atoms with Gasteiger partial charge in [-0.2, -0.15) is 0 Å². The van der Waals surface area contributed by atoms with Crippen LogP contribution in [0.5, 0.6) is 0 Å². The third-order valence-electron chi connectivity index (χ3n) is 2.40. The first-order chi connectivity index (χ1) is 8.47. The summed E-state index contributed by atoms with van der Waals surface area (Å²) in [5, 5.41) is 10.3. The highest BCUT2D eigenvalue weighted by Crippen LogP contribution is 2.29. The van der Waals surface area contributed by atoms with Crippen LogP contribution in [0.25, 0.3) is 17.0 Å². The molecule has 0 spiro atoms. The fraction of sp³-hybridized carbons (Fsp3) is 0.0769. The van der Waals surface area contributed by atoms with Crippen LogP contribution in [0.4, 0.5) is 0 Å². The zero-order valence-electron chi connectivity index (χ0n) is 9.45. The molecule has 92 valence electrons. The molecule has 3 nitrogen and oxygen atoms in total. The van der Waals surface area contributed by atoms with Crippen LogP contribution >= 0.6 is 23.2 Å². The van der Waals surface area contributed by atoms with Crippen LogP contribution in [0.3, 0.4) is 0 Å². The van der Waals surface area contributed by atoms with Crippen LogP contribution in [0.15, 0.2) is 24.3 Å². The molecule has 0 bridgehead atoms. The number of halogens is 2. The molecule has 18 heavy (non-hydrogen) atoms. The number of nitrogens with zero attached hydrogens (tertiary/aromatic N) is 1. The molecule has 0 radical (unpaired) electrons. The smallest absolute Gasteiger partial charge is 0.328 e. The molecule has 0 aliphatic rings. The molecule has 1 N–H and O–H groups in total. The molecule has 2 rings (SSSR count). The average Bonchev–Trinajstić information content (AvgIpc) is 2.27. The van der Waals surface area contributed by atoms with Gasteiger partial charge in [-0.1, -0.05) is 23.2 Å². The van der Waals surface area contributed by atoms with Crippen LogP contribution in [0, 0.1) is 6.92 Å². The van der Waals surface area contributed by atoms with Gasteiger partial charge in [-0.05, 0) is 36.8 Å². The molecule has 0 atom stereocenters. The van der Waals surface area contributed by atoms with Gasteiger partial charge < -0.3 is 5.11 Å². The van der Waals surface area contributed by atoms with Gasteiger partial charge in [-0.25, -0.2) is 4.79 Å². The fourth-order valence-corrected chi connectivity index (χ4v) is 2.25. The number of hydrogen-bond donors (Lipinski definition) is 1. The molecule has 0 aliphatic carbocycles. The van der Waals surface area contributed by atoms with E-state index in [-0.39, 0.29) is 0 Å². The van der Waals surface area contributed by atoms with E-state index in [4.69, 9.17) is 28.3 Å². The summed E-state index contributed by atoms with van der Waals surface area (Å²) in [5.74, 6) is -1.01. The van der Waals surface area contributed by atoms with E-state index in [9.17, 15) is 4.79 Å². The van der Waals surface area contributed by atoms with E-state index in [0.29, 0.717) is 15.6 Å². The highest BCUT2D eigenvalue weighted by Gasteiger charge is 2.07. The van der Waals surface area contributed by atoms with E-state index in [2.05, 4.69) is 4.98 Å². The van der Waals surface area contributed by atoms with E-state index in [0.717, 1.165) is 22.7 Å². The minimum atomic E-state index is -1.01. The average molecular weight is 282 g/mol. The number of carboxylic acids is 1. The monoisotopic (exact) mass is 281 g/mol. The Bertz CT molecular complexity index is 666. The maximum atomic E-state index is 10.6. The predicted molar refractivity (Wildman–Crippen MR) is 73.2 cm³/mol. The Morgan fingerprint density at radius 2 is 2.06 bits per heavy atom. The Hall–Kier alpha value is -1.58. The number of aromatic nitrogens is 1. The van der Waals surface area contributed by atoms with E-state index in [1.807, 2.05) is 6.92 Å². The van der Waals surface area contributed by atoms with E-state index >= 15 is 0 Å². The quantitative estimate of drug-likeness (QED) is 0.848. The van der Waals surface area contributed by atoms with E-state index in [1.165, 1.54) is 6.08 Å². The zero-order chi connectivity index (χ0) is 13.3. The second-order valence-electron chi connectivity index (χ2n) is 3.81. The normalized spacial score (nSPS) is 11.3. The number of aryl methyl sites for hydroxylation is 1. The van der Waals surface area contributed by atoms with E-state index in [1.54, 1.807) is 18.2 Å². The molecule has 1 heterocycles. The molecule has 0 amide bonds. The maximum Gasteiger partial charge on any atom is 0.328 e. The summed E-state index contributed by atoms with van der Waals surface area (Å²) in [6.45, 7) is 1.82. The van der Waals surface area contributed by atoms with Gasteiger partial charge in [0.1, 0.15) is 0 Å². The maximum absolute atomic E-state index is 10.6. The van der Waals surface area contributed by atoms with Crippen molar-refractivity contribution in [1.29, 1.82) is 0 Å². The largest absolute Gasteiger partial charge is 0.478 e. The number of benzene rings is 1. The van der Waals surface area contributed by atoms with Gasteiger partial charge in [0.2, 0.25) is 0 Å². The predicted octanol–water partition coefficient (Wildman–Crippen LogP) is 3.95. The summed E-state index contributed by atoms with van der Waals surface area (Å²) in [4.78, 5) is 14.9. The SMILES string of the molecule is Cc1cc(/C=C/C(=O)O)c2cc(Cl)cc(Cl)c2n1. The second-order valence-corrected chi connectivity index (χ2v) is 4.65. The number of aliphatic carboxylic acids is 1. The van der Waals surface area contributed by atoms with Crippen molar-refractivity contribution in [1.82, 2.24) is 4.98 Å². The van der Waals surface area contributed by atoms with Gasteiger partial charge in [-0.3, -0.25) is 4.98 Å². The molecule has 0 saturated carbocycles. The van der Waals surface area contributed by atoms with Crippen LogP contribution in [-0.4, -0.2) is 16.1 Å². The zero-order valence-corrected chi connectivity index (χ0v) is 11.0. The molecule has 1 aromatic carbocycles. The minimum Gasteiger partial charge on any atom is -0.478 e. The molecular weight excluding hydrogens is 273 g/mol. The standard InChI is InChI=1S/C13H9Cl2NO2/c1-7-4-8(2-3-12(17)18)10-5-9(14)6-11(15)13(10)16-7/h2-6H,1H3,(H,17,18)/b3-2+. The van der Waals surface area contributed by atoms with Crippen molar-refractivity contribution in [3.05, 3.63) is 45.6 Å². The molecular formula is C13H9Cl2NO2. The first-order valence-corrected chi connectivity index (χ1v) is 5.90. The molecule has 1 aromatic heterocycles. The third-order valence-corrected chi connectivity index (χ3v) is 2.90. The molecule has 2 aromatic rings. The number of pyridine rings is 1. The van der Waals surface area contributed by atoms with Gasteiger partial charge in [0.05, 0.1) is 10.5 Å². The van der Waals surface area contributed by atoms with Crippen molar-refractivity contribution in [3.63, 3.8) is 0 Å². The number of carboxylic acid groups (broad SMARTS) is 1. The highest BCUT2D eigenvalue weighted by molar-refractivity contribution is 6.38. The third kappa shape index (κ3) is 2.63. The summed E-state index contributed by atoms with van der Waals surface area (Å²) in [6.07, 6.45) is 2.58. The van der Waals surface area contributed by atoms with Gasteiger partial charge in [0.25, 0.3) is 0 Å². The number of hydrogen-bond acceptors (Lipinski definition) is 2. The van der Waals surface area contributed by atoms with Gasteiger partial charge in [0, 0.05) is 22.2 Å². The number of carbonyl (C=O) groups is 1. The van der Waals surface area contributed by atoms with Gasteiger partial charge in [0.15, 0.2) is 0 Å². The second kappa shape index (κ2) is 4.96. The van der Waals surface area contributed by atoms with Crippen molar-refractivity contribution in [2.24, 2.45) is 0 Å². The van der Waals surface area contributed by atoms with Crippen LogP contribution < -0.4 is 0 Å². The Kier molecular flexibility index (Phi) is 3.55. The van der Waals surface area contributed by atoms with Crippen molar-refractivity contribution in [2.75, 3.05) is 0 Å². The van der Waals surface area contributed by atoms with Crippen LogP contribution in [0.2, 0.25) is 10.0 Å². The fourth-order valence-electron chi connectivity index (χ4n) is 1.71. The lowest BCUT2D eigenvalue weighted by atomic mass is 10.1. The lowest BCUT2D eigenvalue weighted by Gasteiger charge is -2.06. The molecule has 5 heteroatoms. The highest BCUT2D eigenvalue weighted by atomic mass is 35.5. The first kappa shape index (κ1) is 12.9. The van der Waals surface area contributed by atoms with Crippen molar-refractivity contribution < 1.29 is 9.90 Å². The Morgan fingerprint density at radius 1 is 1.33 bits per heavy atom. The summed E-state index contributed by atoms with van der Waals surface area (Å²) in [6, 6.07) is 5.12. The number of fused-ring (bicyclic) bond motifs is 1. The molecule has 0 fully saturated rings. The topological polar surface area (TPSA) is 50.2 Å². The Balaban J connectivity index is 2.75. The summed E-state index contributed by atoms with van der Waals surface area (Å²) in [7, 11) is 0. The van der Waals surface area contributed by atoms with Crippen molar-refractivity contribution in [2.45, 2.75) is 6.92 Å². The summed E-state index contributed by atoms with van der Waals surface area (Å²) < 4.78 is 0. The minimum absolute atomic E-state index is 0.450. The van der Waals surface area contributed by atoms with Crippen molar-refractivity contribution in [3.8, 4) is 0 Å². The molecule has 0 unspecified atom stereocenters. The summed E-state index contributed by atoms with van der Waals surface area (Å²) in [5.41, 5.74) is 2.10. The first-order valence-electron chi connectivity index (χ1n) is 5.15. The van der Waals surface area contributed by atoms with Crippen molar-refractivity contribution >= 4 is 46.2 Å². The number of rotatable bonds is 2. The Labute approximate surface area is 114 Å².